The predicted octanol–water partition coefficient (Wildman–Crippen LogP) is 2.38. The first kappa shape index (κ1) is 16.5. The molecule has 120 valence electrons. The van der Waals surface area contributed by atoms with Gasteiger partial charge in [-0.15, -0.1) is 0 Å². The monoisotopic (exact) mass is 313 g/mol. The lowest BCUT2D eigenvalue weighted by Gasteiger charge is -2.27. The van der Waals surface area contributed by atoms with Crippen molar-refractivity contribution in [3.05, 3.63) is 18.0 Å². The van der Waals surface area contributed by atoms with E-state index in [2.05, 4.69) is 18.6 Å². The minimum absolute atomic E-state index is 0.00577. The van der Waals surface area contributed by atoms with E-state index in [4.69, 9.17) is 5.73 Å². The van der Waals surface area contributed by atoms with E-state index in [1.54, 1.807) is 12.3 Å². The lowest BCUT2D eigenvalue weighted by Crippen LogP contribution is -2.41. The summed E-state index contributed by atoms with van der Waals surface area (Å²) in [6, 6.07) is 1.88. The minimum Gasteiger partial charge on any atom is -0.346 e. The van der Waals surface area contributed by atoms with Crippen LogP contribution < -0.4 is 10.5 Å². The Morgan fingerprint density at radius 2 is 2.14 bits per heavy atom. The number of hydrogen-bond donors (Lipinski definition) is 2. The molecule has 1 aromatic heterocycles. The summed E-state index contributed by atoms with van der Waals surface area (Å²) in [5, 5.41) is 0. The van der Waals surface area contributed by atoms with Crippen LogP contribution in [0.1, 0.15) is 58.7 Å². The van der Waals surface area contributed by atoms with Crippen molar-refractivity contribution >= 4 is 10.0 Å². The summed E-state index contributed by atoms with van der Waals surface area (Å²) in [4.78, 5) is 0.319. The Morgan fingerprint density at radius 1 is 1.48 bits per heavy atom. The zero-order valence-electron chi connectivity index (χ0n) is 13.4. The van der Waals surface area contributed by atoms with Crippen LogP contribution >= 0.6 is 0 Å². The summed E-state index contributed by atoms with van der Waals surface area (Å²) in [7, 11) is -3.49. The van der Waals surface area contributed by atoms with Crippen LogP contribution in [0.4, 0.5) is 0 Å². The Labute approximate surface area is 128 Å². The Balaban J connectivity index is 2.28. The molecule has 21 heavy (non-hydrogen) atoms. The van der Waals surface area contributed by atoms with E-state index in [-0.39, 0.29) is 17.5 Å². The van der Waals surface area contributed by atoms with E-state index >= 15 is 0 Å². The molecule has 0 aliphatic heterocycles. The minimum atomic E-state index is -3.49. The molecule has 1 aliphatic rings. The maximum atomic E-state index is 12.6. The van der Waals surface area contributed by atoms with Crippen LogP contribution in [0.25, 0.3) is 0 Å². The van der Waals surface area contributed by atoms with Crippen LogP contribution in [0, 0.1) is 5.41 Å². The molecule has 5 nitrogen and oxygen atoms in total. The van der Waals surface area contributed by atoms with E-state index in [1.165, 1.54) is 0 Å². The molecule has 1 heterocycles. The van der Waals surface area contributed by atoms with Crippen molar-refractivity contribution in [1.29, 1.82) is 0 Å². The molecule has 1 aromatic rings. The van der Waals surface area contributed by atoms with Gasteiger partial charge in [0.15, 0.2) is 0 Å². The molecular weight excluding hydrogens is 286 g/mol. The summed E-state index contributed by atoms with van der Waals surface area (Å²) < 4.78 is 30.0. The first-order valence-corrected chi connectivity index (χ1v) is 9.09. The van der Waals surface area contributed by atoms with E-state index in [9.17, 15) is 8.42 Å². The summed E-state index contributed by atoms with van der Waals surface area (Å²) in [5.74, 6) is 0. The maximum absolute atomic E-state index is 12.6. The standard InChI is InChI=1S/C15H27N3O2S/c1-11(2)18-10-13(8-12(18)9-16)21(19,20)17-14-6-5-7-15(14,3)4/h8,10-11,14,17H,5-7,9,16H2,1-4H3. The molecule has 1 aliphatic carbocycles. The van der Waals surface area contributed by atoms with Crippen molar-refractivity contribution in [1.82, 2.24) is 9.29 Å². The smallest absolute Gasteiger partial charge is 0.242 e. The fourth-order valence-electron chi connectivity index (χ4n) is 3.09. The van der Waals surface area contributed by atoms with Crippen molar-refractivity contribution in [2.24, 2.45) is 11.1 Å². The Kier molecular flexibility index (Phi) is 4.52. The van der Waals surface area contributed by atoms with Gasteiger partial charge in [0.2, 0.25) is 10.0 Å². The van der Waals surface area contributed by atoms with Crippen LogP contribution in [0.2, 0.25) is 0 Å². The van der Waals surface area contributed by atoms with Crippen molar-refractivity contribution in [2.75, 3.05) is 0 Å². The Bertz CT molecular complexity index is 602. The number of hydrogen-bond acceptors (Lipinski definition) is 3. The molecule has 0 bridgehead atoms. The van der Waals surface area contributed by atoms with Gasteiger partial charge in [0.25, 0.3) is 0 Å². The molecule has 6 heteroatoms. The van der Waals surface area contributed by atoms with Crippen LogP contribution in [-0.2, 0) is 16.6 Å². The third-order valence-electron chi connectivity index (χ3n) is 4.54. The first-order valence-electron chi connectivity index (χ1n) is 7.60. The van der Waals surface area contributed by atoms with Gasteiger partial charge < -0.3 is 10.3 Å². The second kappa shape index (κ2) is 5.74. The highest BCUT2D eigenvalue weighted by Gasteiger charge is 2.37. The van der Waals surface area contributed by atoms with E-state index in [1.807, 2.05) is 18.4 Å². The van der Waals surface area contributed by atoms with Crippen LogP contribution in [0.5, 0.6) is 0 Å². The summed E-state index contributed by atoms with van der Waals surface area (Å²) in [6.07, 6.45) is 4.72. The largest absolute Gasteiger partial charge is 0.346 e. The molecule has 3 N–H and O–H groups in total. The number of nitrogens with zero attached hydrogens (tertiary/aromatic N) is 1. The van der Waals surface area contributed by atoms with E-state index < -0.39 is 10.0 Å². The average Bonchev–Trinajstić information content (AvgIpc) is 2.93. The van der Waals surface area contributed by atoms with Gasteiger partial charge in [0.1, 0.15) is 0 Å². The fraction of sp³-hybridized carbons (Fsp3) is 0.733. The predicted molar refractivity (Wildman–Crippen MR) is 84.4 cm³/mol. The highest BCUT2D eigenvalue weighted by atomic mass is 32.2. The summed E-state index contributed by atoms with van der Waals surface area (Å²) in [6.45, 7) is 8.62. The zero-order valence-corrected chi connectivity index (χ0v) is 14.2. The fourth-order valence-corrected chi connectivity index (χ4v) is 4.58. The van der Waals surface area contributed by atoms with Gasteiger partial charge >= 0.3 is 0 Å². The van der Waals surface area contributed by atoms with Gasteiger partial charge in [-0.05, 0) is 38.2 Å². The summed E-state index contributed by atoms with van der Waals surface area (Å²) >= 11 is 0. The number of aromatic nitrogens is 1. The maximum Gasteiger partial charge on any atom is 0.242 e. The highest BCUT2D eigenvalue weighted by molar-refractivity contribution is 7.89. The SMILES string of the molecule is CC(C)n1cc(S(=O)(=O)NC2CCCC2(C)C)cc1CN. The van der Waals surface area contributed by atoms with Gasteiger partial charge in [-0.25, -0.2) is 13.1 Å². The number of nitrogens with one attached hydrogen (secondary N) is 1. The molecule has 1 unspecified atom stereocenters. The number of rotatable bonds is 5. The molecule has 0 aromatic carbocycles. The second-order valence-corrected chi connectivity index (χ2v) is 8.64. The lowest BCUT2D eigenvalue weighted by molar-refractivity contribution is 0.313. The molecule has 0 spiro atoms. The van der Waals surface area contributed by atoms with E-state index in [0.717, 1.165) is 25.0 Å². The average molecular weight is 313 g/mol. The number of nitrogens with two attached hydrogens (primary N) is 1. The third-order valence-corrected chi connectivity index (χ3v) is 5.98. The lowest BCUT2D eigenvalue weighted by atomic mass is 9.88. The molecule has 2 rings (SSSR count). The molecule has 0 amide bonds. The zero-order chi connectivity index (χ0) is 15.8. The first-order chi connectivity index (χ1) is 9.67. The molecule has 0 saturated heterocycles. The van der Waals surface area contributed by atoms with Crippen molar-refractivity contribution in [2.45, 2.75) is 70.5 Å². The van der Waals surface area contributed by atoms with Crippen molar-refractivity contribution in [3.63, 3.8) is 0 Å². The Hall–Kier alpha value is -0.850. The van der Waals surface area contributed by atoms with Gasteiger partial charge in [-0.2, -0.15) is 0 Å². The summed E-state index contributed by atoms with van der Waals surface area (Å²) in [5.41, 5.74) is 6.58. The third kappa shape index (κ3) is 3.33. The molecular formula is C15H27N3O2S. The topological polar surface area (TPSA) is 77.1 Å². The van der Waals surface area contributed by atoms with Crippen LogP contribution in [0.3, 0.4) is 0 Å². The van der Waals surface area contributed by atoms with Gasteiger partial charge in [0, 0.05) is 30.5 Å². The molecule has 1 atom stereocenters. The van der Waals surface area contributed by atoms with E-state index in [0.29, 0.717) is 11.4 Å². The molecule has 0 radical (unpaired) electrons. The Morgan fingerprint density at radius 3 is 2.57 bits per heavy atom. The van der Waals surface area contributed by atoms with Gasteiger partial charge in [-0.3, -0.25) is 0 Å². The molecule has 1 fully saturated rings. The highest BCUT2D eigenvalue weighted by Crippen LogP contribution is 2.38. The van der Waals surface area contributed by atoms with Gasteiger partial charge in [0.05, 0.1) is 4.90 Å². The normalized spacial score (nSPS) is 22.1. The van der Waals surface area contributed by atoms with Crippen LogP contribution in [-0.4, -0.2) is 19.0 Å². The van der Waals surface area contributed by atoms with Crippen LogP contribution in [0.15, 0.2) is 17.2 Å². The van der Waals surface area contributed by atoms with Crippen molar-refractivity contribution in [3.8, 4) is 0 Å². The quantitative estimate of drug-likeness (QED) is 0.876. The number of sulfonamides is 1. The van der Waals surface area contributed by atoms with Gasteiger partial charge in [-0.1, -0.05) is 20.3 Å². The molecule has 1 saturated carbocycles. The second-order valence-electron chi connectivity index (χ2n) is 6.93. The van der Waals surface area contributed by atoms with Crippen molar-refractivity contribution < 1.29 is 8.42 Å².